The van der Waals surface area contributed by atoms with Gasteiger partial charge in [-0.1, -0.05) is 42.5 Å². The number of nitrogens with zero attached hydrogens (tertiary/aromatic N) is 2. The van der Waals surface area contributed by atoms with Crippen molar-refractivity contribution in [2.45, 2.75) is 13.8 Å². The Labute approximate surface area is 141 Å². The van der Waals surface area contributed by atoms with Crippen LogP contribution in [-0.4, -0.2) is 15.7 Å². The van der Waals surface area contributed by atoms with Gasteiger partial charge < -0.3 is 10.7 Å². The van der Waals surface area contributed by atoms with Gasteiger partial charge in [-0.25, -0.2) is 9.98 Å². The first-order valence-corrected chi connectivity index (χ1v) is 7.79. The fourth-order valence-electron chi connectivity index (χ4n) is 2.81. The van der Waals surface area contributed by atoms with Gasteiger partial charge in [-0.05, 0) is 37.1 Å². The number of allylic oxidation sites excluding steroid dienone is 2. The highest BCUT2D eigenvalue weighted by molar-refractivity contribution is 6.19. The lowest BCUT2D eigenvalue weighted by molar-refractivity contribution is 1.26. The van der Waals surface area contributed by atoms with Crippen molar-refractivity contribution >= 4 is 16.7 Å². The smallest absolute Gasteiger partial charge is 0.138 e. The summed E-state index contributed by atoms with van der Waals surface area (Å²) in [6, 6.07) is 10.4. The van der Waals surface area contributed by atoms with Crippen LogP contribution in [0.25, 0.3) is 22.2 Å². The Balaban J connectivity index is 2.30. The SMILES string of the molecule is C=C(N)/N=C(\C=C/C)c1c[nH]c2nccc(-c3cccc(C)c3)c12. The molecule has 0 saturated heterocycles. The standard InChI is InChI=1S/C20H20N4/c1-4-6-18(24-14(3)21)17-12-23-20-19(17)16(9-10-22-20)15-8-5-7-13(2)11-15/h4-12H,3,21H2,1-2H3,(H,22,23)/b6-4-,24-18+. The van der Waals surface area contributed by atoms with E-state index < -0.39 is 0 Å². The maximum atomic E-state index is 5.70. The molecule has 3 aromatic rings. The second-order valence-corrected chi connectivity index (χ2v) is 5.64. The van der Waals surface area contributed by atoms with Crippen LogP contribution in [0.3, 0.4) is 0 Å². The van der Waals surface area contributed by atoms with Crippen LogP contribution < -0.4 is 5.73 Å². The fourth-order valence-corrected chi connectivity index (χ4v) is 2.81. The summed E-state index contributed by atoms with van der Waals surface area (Å²) in [4.78, 5) is 12.0. The monoisotopic (exact) mass is 316 g/mol. The lowest BCUT2D eigenvalue weighted by Gasteiger charge is -2.07. The second-order valence-electron chi connectivity index (χ2n) is 5.64. The molecule has 0 saturated carbocycles. The van der Waals surface area contributed by atoms with E-state index >= 15 is 0 Å². The molecular formula is C20H20N4. The molecule has 0 fully saturated rings. The Morgan fingerprint density at radius 1 is 1.33 bits per heavy atom. The molecule has 0 aliphatic heterocycles. The summed E-state index contributed by atoms with van der Waals surface area (Å²) in [6.07, 6.45) is 7.59. The Kier molecular flexibility index (Phi) is 4.29. The summed E-state index contributed by atoms with van der Waals surface area (Å²) in [6.45, 7) is 7.73. The molecule has 2 heterocycles. The number of benzene rings is 1. The second kappa shape index (κ2) is 6.54. The molecule has 0 bridgehead atoms. The average Bonchev–Trinajstić information content (AvgIpc) is 2.98. The zero-order valence-electron chi connectivity index (χ0n) is 13.9. The van der Waals surface area contributed by atoms with Crippen LogP contribution in [0.1, 0.15) is 18.1 Å². The van der Waals surface area contributed by atoms with E-state index in [2.05, 4.69) is 52.7 Å². The number of nitrogens with one attached hydrogen (secondary N) is 1. The number of hydrogen-bond donors (Lipinski definition) is 2. The minimum absolute atomic E-state index is 0.276. The molecule has 3 N–H and O–H groups in total. The molecule has 120 valence electrons. The Bertz CT molecular complexity index is 961. The lowest BCUT2D eigenvalue weighted by atomic mass is 9.98. The predicted molar refractivity (Wildman–Crippen MR) is 101 cm³/mol. The highest BCUT2D eigenvalue weighted by atomic mass is 14.9. The van der Waals surface area contributed by atoms with E-state index in [-0.39, 0.29) is 5.82 Å². The van der Waals surface area contributed by atoms with Crippen molar-refractivity contribution in [3.8, 4) is 11.1 Å². The summed E-state index contributed by atoms with van der Waals surface area (Å²) in [5.41, 5.74) is 11.7. The van der Waals surface area contributed by atoms with E-state index in [1.165, 1.54) is 5.56 Å². The van der Waals surface area contributed by atoms with Gasteiger partial charge >= 0.3 is 0 Å². The number of aromatic nitrogens is 2. The Morgan fingerprint density at radius 3 is 2.88 bits per heavy atom. The maximum Gasteiger partial charge on any atom is 0.138 e. The molecule has 4 nitrogen and oxygen atoms in total. The topological polar surface area (TPSA) is 67.1 Å². The van der Waals surface area contributed by atoms with Crippen LogP contribution in [0.4, 0.5) is 0 Å². The van der Waals surface area contributed by atoms with E-state index in [4.69, 9.17) is 5.73 Å². The molecule has 0 radical (unpaired) electrons. The van der Waals surface area contributed by atoms with Gasteiger partial charge in [0.15, 0.2) is 0 Å². The Morgan fingerprint density at radius 2 is 2.17 bits per heavy atom. The zero-order valence-corrected chi connectivity index (χ0v) is 13.9. The minimum Gasteiger partial charge on any atom is -0.384 e. The summed E-state index contributed by atoms with van der Waals surface area (Å²) in [5.74, 6) is 0.276. The molecule has 24 heavy (non-hydrogen) atoms. The van der Waals surface area contributed by atoms with Crippen LogP contribution in [0.5, 0.6) is 0 Å². The number of pyridine rings is 1. The van der Waals surface area contributed by atoms with Crippen molar-refractivity contribution in [3.05, 3.63) is 78.4 Å². The zero-order chi connectivity index (χ0) is 17.1. The molecule has 0 aliphatic rings. The van der Waals surface area contributed by atoms with Crippen molar-refractivity contribution in [2.24, 2.45) is 10.7 Å². The Hall–Kier alpha value is -3.14. The number of aliphatic imine (C=N–C) groups is 1. The first kappa shape index (κ1) is 15.7. The number of hydrogen-bond acceptors (Lipinski definition) is 3. The first-order chi connectivity index (χ1) is 11.6. The summed E-state index contributed by atoms with van der Waals surface area (Å²) < 4.78 is 0. The highest BCUT2D eigenvalue weighted by Crippen LogP contribution is 2.31. The van der Waals surface area contributed by atoms with Gasteiger partial charge in [-0.15, -0.1) is 0 Å². The molecule has 0 aliphatic carbocycles. The van der Waals surface area contributed by atoms with E-state index in [0.717, 1.165) is 33.4 Å². The van der Waals surface area contributed by atoms with Crippen LogP contribution >= 0.6 is 0 Å². The predicted octanol–water partition coefficient (Wildman–Crippen LogP) is 4.33. The van der Waals surface area contributed by atoms with Gasteiger partial charge in [-0.3, -0.25) is 0 Å². The average molecular weight is 316 g/mol. The molecule has 1 aromatic carbocycles. The van der Waals surface area contributed by atoms with Gasteiger partial charge in [0.1, 0.15) is 11.5 Å². The van der Waals surface area contributed by atoms with Crippen molar-refractivity contribution in [2.75, 3.05) is 0 Å². The first-order valence-electron chi connectivity index (χ1n) is 7.79. The van der Waals surface area contributed by atoms with Crippen molar-refractivity contribution in [3.63, 3.8) is 0 Å². The molecule has 0 spiro atoms. The van der Waals surface area contributed by atoms with Crippen LogP contribution in [0, 0.1) is 6.92 Å². The molecule has 3 rings (SSSR count). The van der Waals surface area contributed by atoms with E-state index in [1.54, 1.807) is 0 Å². The number of H-pyrrole nitrogens is 1. The number of fused-ring (bicyclic) bond motifs is 1. The lowest BCUT2D eigenvalue weighted by Crippen LogP contribution is -2.01. The molecule has 0 unspecified atom stereocenters. The van der Waals surface area contributed by atoms with Gasteiger partial charge in [0, 0.05) is 23.3 Å². The number of rotatable bonds is 4. The van der Waals surface area contributed by atoms with Crippen LogP contribution in [0.2, 0.25) is 0 Å². The third kappa shape index (κ3) is 2.99. The number of aryl methyl sites for hydroxylation is 1. The largest absolute Gasteiger partial charge is 0.384 e. The van der Waals surface area contributed by atoms with E-state index in [0.29, 0.717) is 0 Å². The van der Waals surface area contributed by atoms with Crippen LogP contribution in [0.15, 0.2) is 72.3 Å². The molecule has 0 atom stereocenters. The van der Waals surface area contributed by atoms with Crippen molar-refractivity contribution in [1.29, 1.82) is 0 Å². The summed E-state index contributed by atoms with van der Waals surface area (Å²) in [5, 5.41) is 1.03. The quantitative estimate of drug-likeness (QED) is 0.703. The molecule has 2 aromatic heterocycles. The highest BCUT2D eigenvalue weighted by Gasteiger charge is 2.14. The third-order valence-corrected chi connectivity index (χ3v) is 3.77. The summed E-state index contributed by atoms with van der Waals surface area (Å²) in [7, 11) is 0. The fraction of sp³-hybridized carbons (Fsp3) is 0.100. The molecular weight excluding hydrogens is 296 g/mol. The number of nitrogens with two attached hydrogens (primary N) is 1. The van der Waals surface area contributed by atoms with Gasteiger partial charge in [0.2, 0.25) is 0 Å². The van der Waals surface area contributed by atoms with Gasteiger partial charge in [0.05, 0.1) is 5.71 Å². The minimum atomic E-state index is 0.276. The summed E-state index contributed by atoms with van der Waals surface area (Å²) >= 11 is 0. The molecule has 0 amide bonds. The van der Waals surface area contributed by atoms with Crippen molar-refractivity contribution in [1.82, 2.24) is 9.97 Å². The maximum absolute atomic E-state index is 5.70. The normalized spacial score (nSPS) is 12.2. The van der Waals surface area contributed by atoms with E-state index in [9.17, 15) is 0 Å². The van der Waals surface area contributed by atoms with E-state index in [1.807, 2.05) is 37.5 Å². The number of aromatic amines is 1. The third-order valence-electron chi connectivity index (χ3n) is 3.77. The van der Waals surface area contributed by atoms with Gasteiger partial charge in [0.25, 0.3) is 0 Å². The van der Waals surface area contributed by atoms with Crippen LogP contribution in [-0.2, 0) is 0 Å². The van der Waals surface area contributed by atoms with Crippen molar-refractivity contribution < 1.29 is 0 Å². The van der Waals surface area contributed by atoms with Gasteiger partial charge in [-0.2, -0.15) is 0 Å². The molecule has 4 heteroatoms.